The number of benzene rings is 2. The summed E-state index contributed by atoms with van der Waals surface area (Å²) in [5.41, 5.74) is 3.45. The van der Waals surface area contributed by atoms with Crippen LogP contribution >= 0.6 is 11.3 Å². The standard InChI is InChI=1S/C23H26N2O3S/c1-16-8-9-17(2)22-21(16)24-23(29-22)28-19-10-13-25(14-11-19)20(26)12-15-27-18-6-4-3-5-7-18/h3-9,19H,10-15H2,1-2H3. The van der Waals surface area contributed by atoms with Crippen molar-refractivity contribution in [3.05, 3.63) is 53.6 Å². The maximum Gasteiger partial charge on any atom is 0.274 e. The van der Waals surface area contributed by atoms with Crippen molar-refractivity contribution in [3.63, 3.8) is 0 Å². The maximum atomic E-state index is 12.4. The van der Waals surface area contributed by atoms with Crippen LogP contribution in [-0.2, 0) is 4.79 Å². The smallest absolute Gasteiger partial charge is 0.274 e. The number of hydrogen-bond donors (Lipinski definition) is 0. The van der Waals surface area contributed by atoms with Crippen molar-refractivity contribution >= 4 is 27.5 Å². The van der Waals surface area contributed by atoms with Gasteiger partial charge >= 0.3 is 0 Å². The van der Waals surface area contributed by atoms with Gasteiger partial charge in [0.25, 0.3) is 5.19 Å². The van der Waals surface area contributed by atoms with Crippen LogP contribution in [0.25, 0.3) is 10.2 Å². The van der Waals surface area contributed by atoms with Crippen LogP contribution in [0.4, 0.5) is 0 Å². The predicted octanol–water partition coefficient (Wildman–Crippen LogP) is 4.75. The van der Waals surface area contributed by atoms with Crippen LogP contribution in [0.3, 0.4) is 0 Å². The van der Waals surface area contributed by atoms with E-state index in [4.69, 9.17) is 9.47 Å². The van der Waals surface area contributed by atoms with Gasteiger partial charge in [-0.3, -0.25) is 4.79 Å². The molecule has 4 rings (SSSR count). The molecule has 1 amide bonds. The summed E-state index contributed by atoms with van der Waals surface area (Å²) in [7, 11) is 0. The Morgan fingerprint density at radius 1 is 1.10 bits per heavy atom. The number of nitrogens with zero attached hydrogens (tertiary/aromatic N) is 2. The fraction of sp³-hybridized carbons (Fsp3) is 0.391. The summed E-state index contributed by atoms with van der Waals surface area (Å²) in [6, 6.07) is 13.8. The van der Waals surface area contributed by atoms with E-state index in [1.54, 1.807) is 11.3 Å². The van der Waals surface area contributed by atoms with E-state index in [9.17, 15) is 4.79 Å². The molecule has 0 spiro atoms. The number of fused-ring (bicyclic) bond motifs is 1. The van der Waals surface area contributed by atoms with Gasteiger partial charge in [-0.25, -0.2) is 4.98 Å². The monoisotopic (exact) mass is 410 g/mol. The minimum Gasteiger partial charge on any atom is -0.493 e. The van der Waals surface area contributed by atoms with Crippen LogP contribution in [0.2, 0.25) is 0 Å². The Labute approximate surface area is 175 Å². The number of aromatic nitrogens is 1. The first-order chi connectivity index (χ1) is 14.1. The molecule has 0 radical (unpaired) electrons. The van der Waals surface area contributed by atoms with Gasteiger partial charge in [-0.1, -0.05) is 41.7 Å². The molecule has 0 aliphatic carbocycles. The van der Waals surface area contributed by atoms with Crippen molar-refractivity contribution in [1.29, 1.82) is 0 Å². The van der Waals surface area contributed by atoms with Crippen molar-refractivity contribution in [3.8, 4) is 10.9 Å². The lowest BCUT2D eigenvalue weighted by atomic mass is 10.1. The maximum absolute atomic E-state index is 12.4. The first kappa shape index (κ1) is 19.7. The molecule has 2 heterocycles. The summed E-state index contributed by atoms with van der Waals surface area (Å²) in [6.07, 6.45) is 2.18. The summed E-state index contributed by atoms with van der Waals surface area (Å²) in [6.45, 7) is 6.03. The third-order valence-electron chi connectivity index (χ3n) is 5.31. The second-order valence-electron chi connectivity index (χ2n) is 7.47. The highest BCUT2D eigenvalue weighted by atomic mass is 32.1. The van der Waals surface area contributed by atoms with Crippen molar-refractivity contribution < 1.29 is 14.3 Å². The first-order valence-corrected chi connectivity index (χ1v) is 10.9. The molecule has 0 bridgehead atoms. The van der Waals surface area contributed by atoms with Crippen molar-refractivity contribution in [2.75, 3.05) is 19.7 Å². The molecule has 29 heavy (non-hydrogen) atoms. The molecule has 1 saturated heterocycles. The number of amides is 1. The van der Waals surface area contributed by atoms with E-state index in [1.807, 2.05) is 35.2 Å². The molecule has 1 aromatic heterocycles. The van der Waals surface area contributed by atoms with Gasteiger partial charge in [-0.15, -0.1) is 0 Å². The van der Waals surface area contributed by atoms with Gasteiger partial charge in [0, 0.05) is 25.9 Å². The van der Waals surface area contributed by atoms with Gasteiger partial charge in [-0.2, -0.15) is 0 Å². The Hall–Kier alpha value is -2.60. The molecule has 0 saturated carbocycles. The predicted molar refractivity (Wildman–Crippen MR) is 116 cm³/mol. The third kappa shape index (κ3) is 4.70. The van der Waals surface area contributed by atoms with Gasteiger partial charge in [0.05, 0.1) is 23.2 Å². The largest absolute Gasteiger partial charge is 0.493 e. The van der Waals surface area contributed by atoms with Gasteiger partial charge < -0.3 is 14.4 Å². The highest BCUT2D eigenvalue weighted by Crippen LogP contribution is 2.33. The number of likely N-dealkylation sites (tertiary alicyclic amines) is 1. The van der Waals surface area contributed by atoms with Crippen LogP contribution in [0, 0.1) is 13.8 Å². The van der Waals surface area contributed by atoms with E-state index in [0.717, 1.165) is 42.4 Å². The second kappa shape index (κ2) is 8.82. The highest BCUT2D eigenvalue weighted by Gasteiger charge is 2.25. The first-order valence-electron chi connectivity index (χ1n) is 10.1. The molecule has 1 fully saturated rings. The Balaban J connectivity index is 1.25. The zero-order valence-corrected chi connectivity index (χ0v) is 17.7. The molecule has 3 aromatic rings. The number of ether oxygens (including phenoxy) is 2. The van der Waals surface area contributed by atoms with E-state index in [2.05, 4.69) is 31.0 Å². The summed E-state index contributed by atoms with van der Waals surface area (Å²) < 4.78 is 13.0. The average Bonchev–Trinajstić information content (AvgIpc) is 3.17. The summed E-state index contributed by atoms with van der Waals surface area (Å²) in [5.74, 6) is 0.944. The summed E-state index contributed by atoms with van der Waals surface area (Å²) in [4.78, 5) is 19.0. The van der Waals surface area contributed by atoms with Crippen LogP contribution in [0.15, 0.2) is 42.5 Å². The Kier molecular flexibility index (Phi) is 6.00. The van der Waals surface area contributed by atoms with Gasteiger partial charge in [0.1, 0.15) is 11.9 Å². The molecular formula is C23H26N2O3S. The molecule has 0 unspecified atom stereocenters. The topological polar surface area (TPSA) is 51.7 Å². The number of carbonyl (C=O) groups excluding carboxylic acids is 1. The van der Waals surface area contributed by atoms with Crippen molar-refractivity contribution in [2.24, 2.45) is 0 Å². The SMILES string of the molecule is Cc1ccc(C)c2sc(OC3CCN(C(=O)CCOc4ccccc4)CC3)nc12. The Bertz CT molecular complexity index is 939. The number of rotatable bonds is 6. The number of hydrogen-bond acceptors (Lipinski definition) is 5. The van der Waals surface area contributed by atoms with Crippen LogP contribution in [0.1, 0.15) is 30.4 Å². The van der Waals surface area contributed by atoms with E-state index in [1.165, 1.54) is 15.8 Å². The van der Waals surface area contributed by atoms with E-state index < -0.39 is 0 Å². The number of thiazole rings is 1. The Morgan fingerprint density at radius 3 is 2.55 bits per heavy atom. The van der Waals surface area contributed by atoms with Gasteiger partial charge in [-0.05, 0) is 37.1 Å². The van der Waals surface area contributed by atoms with Gasteiger partial charge in [0.2, 0.25) is 5.91 Å². The second-order valence-corrected chi connectivity index (χ2v) is 8.43. The highest BCUT2D eigenvalue weighted by molar-refractivity contribution is 7.20. The lowest BCUT2D eigenvalue weighted by Crippen LogP contribution is -2.42. The molecule has 6 heteroatoms. The number of para-hydroxylation sites is 1. The van der Waals surface area contributed by atoms with Gasteiger partial charge in [0.15, 0.2) is 0 Å². The molecule has 152 valence electrons. The Morgan fingerprint density at radius 2 is 1.83 bits per heavy atom. The quantitative estimate of drug-likeness (QED) is 0.588. The third-order valence-corrected chi connectivity index (χ3v) is 6.39. The zero-order valence-electron chi connectivity index (χ0n) is 16.9. The molecule has 0 N–H and O–H groups in total. The molecular weight excluding hydrogens is 384 g/mol. The molecule has 2 aromatic carbocycles. The summed E-state index contributed by atoms with van der Waals surface area (Å²) >= 11 is 1.62. The molecule has 5 nitrogen and oxygen atoms in total. The number of carbonyl (C=O) groups is 1. The minimum atomic E-state index is 0.112. The van der Waals surface area contributed by atoms with E-state index in [-0.39, 0.29) is 12.0 Å². The lowest BCUT2D eigenvalue weighted by Gasteiger charge is -2.31. The van der Waals surface area contributed by atoms with Crippen molar-refractivity contribution in [1.82, 2.24) is 9.88 Å². The lowest BCUT2D eigenvalue weighted by molar-refractivity contribution is -0.133. The number of aryl methyl sites for hydroxylation is 2. The normalized spacial score (nSPS) is 14.9. The minimum absolute atomic E-state index is 0.112. The molecule has 1 aliphatic rings. The van der Waals surface area contributed by atoms with E-state index >= 15 is 0 Å². The number of piperidine rings is 1. The average molecular weight is 411 g/mol. The molecule has 0 atom stereocenters. The van der Waals surface area contributed by atoms with Crippen LogP contribution in [-0.4, -0.2) is 41.6 Å². The van der Waals surface area contributed by atoms with Crippen LogP contribution < -0.4 is 9.47 Å². The zero-order chi connectivity index (χ0) is 20.2. The van der Waals surface area contributed by atoms with E-state index in [0.29, 0.717) is 13.0 Å². The summed E-state index contributed by atoms with van der Waals surface area (Å²) in [5, 5.41) is 0.735. The van der Waals surface area contributed by atoms with Crippen LogP contribution in [0.5, 0.6) is 10.9 Å². The fourth-order valence-corrected chi connectivity index (χ4v) is 4.61. The van der Waals surface area contributed by atoms with Crippen molar-refractivity contribution in [2.45, 2.75) is 39.2 Å². The fourth-order valence-electron chi connectivity index (χ4n) is 3.59. The molecule has 1 aliphatic heterocycles.